The Hall–Kier alpha value is -3.41. The van der Waals surface area contributed by atoms with Gasteiger partial charge in [0.25, 0.3) is 5.91 Å². The minimum Gasteiger partial charge on any atom is -0.503 e. The molecule has 0 bridgehead atoms. The first kappa shape index (κ1) is 26.2. The molecule has 2 aromatic carbocycles. The van der Waals surface area contributed by atoms with E-state index < -0.39 is 65.2 Å². The second-order valence-electron chi connectivity index (χ2n) is 9.21. The Bertz CT molecular complexity index is 1480. The molecule has 0 saturated carbocycles. The number of benzene rings is 2. The standard InChI is InChI=1S/C26H20F6N2O3S/c1-13(25(27,28)29)34-11-17(33-10-9-18(35)23(36)22(33)24(34)37)21-15-6-2-3-8-19(15)38-12-14-5-4-7-16(20(14)21)26(30,31)32/h2-10,13,17,21,36H,11-12H2,1H3/t13-,17?,21+/m1/s1. The van der Waals surface area contributed by atoms with Crippen LogP contribution in [0.1, 0.15) is 51.6 Å². The third kappa shape index (κ3) is 4.24. The second kappa shape index (κ2) is 9.11. The minimum atomic E-state index is -4.86. The van der Waals surface area contributed by atoms with Gasteiger partial charge in [-0.05, 0) is 35.7 Å². The molecule has 3 atom stereocenters. The molecule has 1 amide bonds. The van der Waals surface area contributed by atoms with E-state index in [0.29, 0.717) is 20.9 Å². The van der Waals surface area contributed by atoms with Crippen LogP contribution in [0.4, 0.5) is 26.3 Å². The molecule has 5 nitrogen and oxygen atoms in total. The summed E-state index contributed by atoms with van der Waals surface area (Å²) in [5.74, 6) is -3.27. The number of alkyl halides is 6. The average Bonchev–Trinajstić information content (AvgIpc) is 3.02. The molecule has 0 fully saturated rings. The van der Waals surface area contributed by atoms with Gasteiger partial charge in [0.2, 0.25) is 5.43 Å². The summed E-state index contributed by atoms with van der Waals surface area (Å²) in [5.41, 5.74) is -1.93. The van der Waals surface area contributed by atoms with Crippen LogP contribution in [0.2, 0.25) is 0 Å². The Morgan fingerprint density at radius 1 is 1.00 bits per heavy atom. The van der Waals surface area contributed by atoms with Gasteiger partial charge in [-0.1, -0.05) is 30.3 Å². The SMILES string of the molecule is C[C@@H](N1CC([C@@H]2c3ccccc3SCc3cccc(C(F)(F)F)c32)n2ccc(=O)c(O)c2C1=O)C(F)(F)F. The molecule has 38 heavy (non-hydrogen) atoms. The van der Waals surface area contributed by atoms with E-state index in [0.717, 1.165) is 29.8 Å². The molecule has 2 aliphatic heterocycles. The van der Waals surface area contributed by atoms with Crippen molar-refractivity contribution in [2.75, 3.05) is 6.54 Å². The zero-order valence-corrected chi connectivity index (χ0v) is 20.5. The Morgan fingerprint density at radius 2 is 1.71 bits per heavy atom. The van der Waals surface area contributed by atoms with Gasteiger partial charge < -0.3 is 14.6 Å². The van der Waals surface area contributed by atoms with Gasteiger partial charge in [-0.3, -0.25) is 9.59 Å². The van der Waals surface area contributed by atoms with Crippen LogP contribution in [0.25, 0.3) is 0 Å². The smallest absolute Gasteiger partial charge is 0.416 e. The lowest BCUT2D eigenvalue weighted by atomic mass is 9.79. The number of fused-ring (bicyclic) bond motifs is 3. The predicted molar refractivity (Wildman–Crippen MR) is 127 cm³/mol. The van der Waals surface area contributed by atoms with Gasteiger partial charge in [0.1, 0.15) is 6.04 Å². The topological polar surface area (TPSA) is 62.5 Å². The molecule has 5 rings (SSSR count). The number of halogens is 6. The Balaban J connectivity index is 1.84. The van der Waals surface area contributed by atoms with Crippen LogP contribution in [-0.2, 0) is 11.9 Å². The van der Waals surface area contributed by atoms with Gasteiger partial charge in [0, 0.05) is 35.4 Å². The summed E-state index contributed by atoms with van der Waals surface area (Å²) in [6.07, 6.45) is -8.49. The average molecular weight is 555 g/mol. The number of nitrogens with zero attached hydrogens (tertiary/aromatic N) is 2. The summed E-state index contributed by atoms with van der Waals surface area (Å²) >= 11 is 1.30. The number of thioether (sulfide) groups is 1. The lowest BCUT2D eigenvalue weighted by molar-refractivity contribution is -0.174. The zero-order chi connectivity index (χ0) is 27.6. The fraction of sp³-hybridized carbons (Fsp3) is 0.308. The number of rotatable bonds is 2. The first-order valence-electron chi connectivity index (χ1n) is 11.5. The summed E-state index contributed by atoms with van der Waals surface area (Å²) in [4.78, 5) is 26.5. The highest BCUT2D eigenvalue weighted by Crippen LogP contribution is 2.51. The summed E-state index contributed by atoms with van der Waals surface area (Å²) in [6, 6.07) is 7.84. The quantitative estimate of drug-likeness (QED) is 0.398. The van der Waals surface area contributed by atoms with Gasteiger partial charge in [-0.25, -0.2) is 0 Å². The molecule has 1 N–H and O–H groups in total. The van der Waals surface area contributed by atoms with Crippen LogP contribution in [0.5, 0.6) is 5.75 Å². The van der Waals surface area contributed by atoms with E-state index in [1.807, 2.05) is 0 Å². The lowest BCUT2D eigenvalue weighted by Crippen LogP contribution is -2.54. The molecular formula is C26H20F6N2O3S. The highest BCUT2D eigenvalue weighted by molar-refractivity contribution is 7.98. The van der Waals surface area contributed by atoms with Crippen molar-refractivity contribution in [3.05, 3.63) is 92.9 Å². The number of aromatic nitrogens is 1. The number of carbonyl (C=O) groups excluding carboxylic acids is 1. The van der Waals surface area contributed by atoms with E-state index in [-0.39, 0.29) is 11.3 Å². The number of aromatic hydroxyl groups is 1. The summed E-state index contributed by atoms with van der Waals surface area (Å²) in [6.45, 7) is 0.152. The molecule has 3 heterocycles. The fourth-order valence-corrected chi connectivity index (χ4v) is 6.35. The lowest BCUT2D eigenvalue weighted by Gasteiger charge is -2.43. The van der Waals surface area contributed by atoms with E-state index in [1.165, 1.54) is 17.8 Å². The van der Waals surface area contributed by atoms with Crippen LogP contribution < -0.4 is 5.43 Å². The molecular weight excluding hydrogens is 534 g/mol. The van der Waals surface area contributed by atoms with Gasteiger partial charge >= 0.3 is 12.4 Å². The molecule has 1 unspecified atom stereocenters. The van der Waals surface area contributed by atoms with E-state index in [9.17, 15) is 41.0 Å². The van der Waals surface area contributed by atoms with Gasteiger partial charge in [-0.2, -0.15) is 26.3 Å². The first-order valence-corrected chi connectivity index (χ1v) is 12.5. The third-order valence-corrected chi connectivity index (χ3v) is 8.22. The molecule has 0 saturated heterocycles. The third-order valence-electron chi connectivity index (χ3n) is 7.08. The van der Waals surface area contributed by atoms with Crippen molar-refractivity contribution >= 4 is 17.7 Å². The van der Waals surface area contributed by atoms with E-state index in [2.05, 4.69) is 0 Å². The van der Waals surface area contributed by atoms with Crippen molar-refractivity contribution in [3.8, 4) is 5.75 Å². The van der Waals surface area contributed by atoms with Gasteiger partial charge in [0.15, 0.2) is 11.4 Å². The maximum atomic E-state index is 14.4. The number of hydrogen-bond donors (Lipinski definition) is 1. The molecule has 0 aliphatic carbocycles. The van der Waals surface area contributed by atoms with Gasteiger partial charge in [-0.15, -0.1) is 11.8 Å². The maximum absolute atomic E-state index is 14.4. The minimum absolute atomic E-state index is 0.111. The predicted octanol–water partition coefficient (Wildman–Crippen LogP) is 5.96. The second-order valence-corrected chi connectivity index (χ2v) is 10.2. The van der Waals surface area contributed by atoms with Crippen molar-refractivity contribution < 1.29 is 36.2 Å². The van der Waals surface area contributed by atoms with Crippen molar-refractivity contribution in [1.82, 2.24) is 9.47 Å². The van der Waals surface area contributed by atoms with Crippen molar-refractivity contribution in [2.24, 2.45) is 0 Å². The van der Waals surface area contributed by atoms with Crippen molar-refractivity contribution in [1.29, 1.82) is 0 Å². The van der Waals surface area contributed by atoms with Crippen LogP contribution in [-0.4, -0.2) is 39.2 Å². The maximum Gasteiger partial charge on any atom is 0.416 e. The Morgan fingerprint density at radius 3 is 2.39 bits per heavy atom. The van der Waals surface area contributed by atoms with Crippen LogP contribution >= 0.6 is 11.8 Å². The molecule has 2 aliphatic rings. The molecule has 3 aromatic rings. The van der Waals surface area contributed by atoms with Gasteiger partial charge in [0.05, 0.1) is 11.6 Å². The summed E-state index contributed by atoms with van der Waals surface area (Å²) < 4.78 is 85.7. The molecule has 0 radical (unpaired) electrons. The summed E-state index contributed by atoms with van der Waals surface area (Å²) in [7, 11) is 0. The van der Waals surface area contributed by atoms with Crippen molar-refractivity contribution in [2.45, 2.75) is 47.9 Å². The van der Waals surface area contributed by atoms with Crippen LogP contribution in [0, 0.1) is 0 Å². The zero-order valence-electron chi connectivity index (χ0n) is 19.7. The number of amides is 1. The van der Waals surface area contributed by atoms with Crippen molar-refractivity contribution in [3.63, 3.8) is 0 Å². The van der Waals surface area contributed by atoms with E-state index in [1.54, 1.807) is 30.3 Å². The molecule has 12 heteroatoms. The molecule has 200 valence electrons. The van der Waals surface area contributed by atoms with E-state index in [4.69, 9.17) is 0 Å². The highest BCUT2D eigenvalue weighted by atomic mass is 32.2. The number of pyridine rings is 1. The monoisotopic (exact) mass is 554 g/mol. The molecule has 0 spiro atoms. The molecule has 1 aromatic heterocycles. The largest absolute Gasteiger partial charge is 0.503 e. The Kier molecular flexibility index (Phi) is 6.28. The fourth-order valence-electron chi connectivity index (χ4n) is 5.25. The first-order chi connectivity index (χ1) is 17.8. The summed E-state index contributed by atoms with van der Waals surface area (Å²) in [5, 5.41) is 10.5. The van der Waals surface area contributed by atoms with Crippen LogP contribution in [0.15, 0.2) is 64.4 Å². The normalized spacial score (nSPS) is 20.3. The highest BCUT2D eigenvalue weighted by Gasteiger charge is 2.49. The Labute approximate surface area is 216 Å². The van der Waals surface area contributed by atoms with Crippen LogP contribution in [0.3, 0.4) is 0 Å². The van der Waals surface area contributed by atoms with E-state index >= 15 is 0 Å². The number of hydrogen-bond acceptors (Lipinski definition) is 4. The number of carbonyl (C=O) groups is 1.